The monoisotopic (exact) mass is 423 g/mol. The molecule has 1 aliphatic heterocycles. The summed E-state index contributed by atoms with van der Waals surface area (Å²) in [6, 6.07) is 1.97. The quantitative estimate of drug-likeness (QED) is 0.775. The van der Waals surface area contributed by atoms with Crippen LogP contribution in [-0.4, -0.2) is 42.4 Å². The lowest BCUT2D eigenvalue weighted by atomic mass is 10.0. The van der Waals surface area contributed by atoms with Crippen LogP contribution in [0.25, 0.3) is 0 Å². The Kier molecular flexibility index (Phi) is 5.59. The van der Waals surface area contributed by atoms with E-state index in [-0.39, 0.29) is 17.9 Å². The molecule has 8 heteroatoms. The molecule has 2 heterocycles. The van der Waals surface area contributed by atoms with Crippen LogP contribution < -0.4 is 11.1 Å². The number of carbonyl (C=O) groups is 2. The Labute approximate surface area is 138 Å². The van der Waals surface area contributed by atoms with Crippen molar-refractivity contribution in [3.63, 3.8) is 0 Å². The third-order valence-corrected chi connectivity index (χ3v) is 6.43. The zero-order valence-corrected chi connectivity index (χ0v) is 14.7. The van der Waals surface area contributed by atoms with Crippen molar-refractivity contribution < 1.29 is 9.59 Å². The lowest BCUT2D eigenvalue weighted by molar-refractivity contribution is -0.119. The summed E-state index contributed by atoms with van der Waals surface area (Å²) in [5.41, 5.74) is 5.17. The summed E-state index contributed by atoms with van der Waals surface area (Å²) in [6.07, 6.45) is 1.68. The first kappa shape index (κ1) is 15.9. The van der Waals surface area contributed by atoms with Crippen LogP contribution in [0.15, 0.2) is 14.3 Å². The first-order valence-electron chi connectivity index (χ1n) is 6.22. The van der Waals surface area contributed by atoms with Crippen LogP contribution in [0.4, 0.5) is 0 Å². The third-order valence-electron chi connectivity index (χ3n) is 3.17. The van der Waals surface area contributed by atoms with Crippen molar-refractivity contribution in [2.75, 3.05) is 19.6 Å². The Bertz CT molecular complexity index is 493. The minimum atomic E-state index is -0.305. The van der Waals surface area contributed by atoms with E-state index in [0.29, 0.717) is 11.4 Å². The van der Waals surface area contributed by atoms with Crippen LogP contribution in [0.5, 0.6) is 0 Å². The first-order valence-corrected chi connectivity index (χ1v) is 8.62. The average Bonchev–Trinajstić information content (AvgIpc) is 2.71. The molecule has 0 unspecified atom stereocenters. The molecule has 1 aromatic heterocycles. The van der Waals surface area contributed by atoms with Gasteiger partial charge in [-0.2, -0.15) is 0 Å². The number of hydrogen-bond acceptors (Lipinski definition) is 4. The van der Waals surface area contributed by atoms with Gasteiger partial charge in [0.2, 0.25) is 5.91 Å². The highest BCUT2D eigenvalue weighted by Crippen LogP contribution is 2.32. The molecule has 0 saturated carbocycles. The van der Waals surface area contributed by atoms with E-state index in [1.54, 1.807) is 0 Å². The maximum absolute atomic E-state index is 12.1. The number of nitrogens with two attached hydrogens (primary N) is 1. The molecule has 1 fully saturated rings. The number of primary amides is 1. The molecule has 0 aromatic carbocycles. The number of rotatable bonds is 4. The smallest absolute Gasteiger partial charge is 0.261 e. The minimum absolute atomic E-state index is 0.0465. The zero-order valence-electron chi connectivity index (χ0n) is 10.7. The van der Waals surface area contributed by atoms with Crippen molar-refractivity contribution in [1.82, 2.24) is 10.2 Å². The molecule has 1 saturated heterocycles. The molecule has 0 bridgehead atoms. The van der Waals surface area contributed by atoms with Gasteiger partial charge in [0.1, 0.15) is 0 Å². The Morgan fingerprint density at radius 3 is 2.55 bits per heavy atom. The number of nitrogens with zero attached hydrogens (tertiary/aromatic N) is 1. The topological polar surface area (TPSA) is 75.4 Å². The van der Waals surface area contributed by atoms with Gasteiger partial charge in [0, 0.05) is 23.6 Å². The van der Waals surface area contributed by atoms with Crippen LogP contribution in [0.1, 0.15) is 22.5 Å². The Morgan fingerprint density at radius 1 is 1.40 bits per heavy atom. The molecule has 0 spiro atoms. The molecule has 1 aromatic rings. The molecule has 1 aliphatic rings. The summed E-state index contributed by atoms with van der Waals surface area (Å²) in [6.45, 7) is 1.86. The lowest BCUT2D eigenvalue weighted by Gasteiger charge is -2.31. The van der Waals surface area contributed by atoms with Crippen molar-refractivity contribution in [2.24, 2.45) is 5.73 Å². The van der Waals surface area contributed by atoms with Gasteiger partial charge in [-0.15, -0.1) is 11.3 Å². The SMILES string of the molecule is NC(=O)CN1CCC(NC(=O)c2cc(Br)c(Br)s2)CC1. The van der Waals surface area contributed by atoms with Gasteiger partial charge in [0.05, 0.1) is 15.2 Å². The van der Waals surface area contributed by atoms with E-state index in [4.69, 9.17) is 5.73 Å². The summed E-state index contributed by atoms with van der Waals surface area (Å²) in [4.78, 5) is 25.7. The number of halogens is 2. The molecule has 0 radical (unpaired) electrons. The van der Waals surface area contributed by atoms with Crippen molar-refractivity contribution in [3.8, 4) is 0 Å². The zero-order chi connectivity index (χ0) is 14.7. The van der Waals surface area contributed by atoms with E-state index in [2.05, 4.69) is 37.2 Å². The van der Waals surface area contributed by atoms with Gasteiger partial charge < -0.3 is 11.1 Å². The number of amides is 2. The molecule has 0 atom stereocenters. The first-order chi connectivity index (χ1) is 9.45. The van der Waals surface area contributed by atoms with Crippen LogP contribution in [0.2, 0.25) is 0 Å². The highest BCUT2D eigenvalue weighted by molar-refractivity contribution is 9.13. The van der Waals surface area contributed by atoms with Crippen molar-refractivity contribution in [3.05, 3.63) is 19.2 Å². The highest BCUT2D eigenvalue weighted by Gasteiger charge is 2.22. The van der Waals surface area contributed by atoms with Gasteiger partial charge in [-0.1, -0.05) is 0 Å². The summed E-state index contributed by atoms with van der Waals surface area (Å²) < 4.78 is 1.81. The van der Waals surface area contributed by atoms with E-state index in [0.717, 1.165) is 34.2 Å². The number of hydrogen-bond donors (Lipinski definition) is 2. The average molecular weight is 425 g/mol. The Morgan fingerprint density at radius 2 is 2.05 bits per heavy atom. The third kappa shape index (κ3) is 4.28. The van der Waals surface area contributed by atoms with E-state index in [1.807, 2.05) is 11.0 Å². The number of likely N-dealkylation sites (tertiary alicyclic amines) is 1. The molecular formula is C12H15Br2N3O2S. The van der Waals surface area contributed by atoms with Gasteiger partial charge in [-0.05, 0) is 50.8 Å². The summed E-state index contributed by atoms with van der Waals surface area (Å²) in [5, 5.41) is 3.04. The fraction of sp³-hybridized carbons (Fsp3) is 0.500. The minimum Gasteiger partial charge on any atom is -0.369 e. The maximum atomic E-state index is 12.1. The molecule has 5 nitrogen and oxygen atoms in total. The summed E-state index contributed by atoms with van der Waals surface area (Å²) in [5.74, 6) is -0.351. The number of carbonyl (C=O) groups excluding carboxylic acids is 2. The number of piperidine rings is 1. The fourth-order valence-electron chi connectivity index (χ4n) is 2.17. The molecule has 0 aliphatic carbocycles. The second-order valence-electron chi connectivity index (χ2n) is 4.72. The van der Waals surface area contributed by atoms with E-state index >= 15 is 0 Å². The van der Waals surface area contributed by atoms with E-state index < -0.39 is 0 Å². The van der Waals surface area contributed by atoms with Gasteiger partial charge >= 0.3 is 0 Å². The molecule has 2 rings (SSSR count). The molecule has 3 N–H and O–H groups in total. The van der Waals surface area contributed by atoms with E-state index in [9.17, 15) is 9.59 Å². The summed E-state index contributed by atoms with van der Waals surface area (Å²) >= 11 is 8.16. The summed E-state index contributed by atoms with van der Waals surface area (Å²) in [7, 11) is 0. The van der Waals surface area contributed by atoms with Crippen LogP contribution in [0.3, 0.4) is 0 Å². The Balaban J connectivity index is 1.83. The predicted octanol–water partition coefficient (Wildman–Crippen LogP) is 1.95. The van der Waals surface area contributed by atoms with Crippen molar-refractivity contribution in [2.45, 2.75) is 18.9 Å². The van der Waals surface area contributed by atoms with Crippen molar-refractivity contribution >= 4 is 55.0 Å². The molecule has 2 amide bonds. The Hall–Kier alpha value is -0.440. The van der Waals surface area contributed by atoms with E-state index in [1.165, 1.54) is 11.3 Å². The van der Waals surface area contributed by atoms with Crippen LogP contribution >= 0.6 is 43.2 Å². The predicted molar refractivity (Wildman–Crippen MR) is 85.8 cm³/mol. The van der Waals surface area contributed by atoms with Gasteiger partial charge in [0.15, 0.2) is 0 Å². The van der Waals surface area contributed by atoms with Gasteiger partial charge in [-0.3, -0.25) is 14.5 Å². The molecular weight excluding hydrogens is 410 g/mol. The van der Waals surface area contributed by atoms with Crippen LogP contribution in [-0.2, 0) is 4.79 Å². The second kappa shape index (κ2) is 7.02. The number of nitrogens with one attached hydrogen (secondary N) is 1. The molecule has 110 valence electrons. The highest BCUT2D eigenvalue weighted by atomic mass is 79.9. The van der Waals surface area contributed by atoms with Gasteiger partial charge in [-0.25, -0.2) is 0 Å². The fourth-order valence-corrected chi connectivity index (χ4v) is 4.11. The molecule has 20 heavy (non-hydrogen) atoms. The van der Waals surface area contributed by atoms with Gasteiger partial charge in [0.25, 0.3) is 5.91 Å². The maximum Gasteiger partial charge on any atom is 0.261 e. The standard InChI is InChI=1S/C12H15Br2N3O2S/c13-8-5-9(20-11(8)14)12(19)16-7-1-3-17(4-2-7)6-10(15)18/h5,7H,1-4,6H2,(H2,15,18)(H,16,19). The van der Waals surface area contributed by atoms with Crippen LogP contribution in [0, 0.1) is 0 Å². The van der Waals surface area contributed by atoms with Crippen molar-refractivity contribution in [1.29, 1.82) is 0 Å². The largest absolute Gasteiger partial charge is 0.369 e. The normalized spacial score (nSPS) is 17.1. The lowest BCUT2D eigenvalue weighted by Crippen LogP contribution is -2.46. The number of thiophene rings is 1. The second-order valence-corrected chi connectivity index (χ2v) is 7.95.